The zero-order chi connectivity index (χ0) is 12.4. The number of hydrogen-bond donors (Lipinski definition) is 1. The summed E-state index contributed by atoms with van der Waals surface area (Å²) in [5, 5.41) is 0.540. The van der Waals surface area contributed by atoms with E-state index >= 15 is 0 Å². The maximum absolute atomic E-state index is 11.8. The van der Waals surface area contributed by atoms with Gasteiger partial charge in [0.1, 0.15) is 5.75 Å². The Balaban J connectivity index is 2.26. The summed E-state index contributed by atoms with van der Waals surface area (Å²) < 4.78 is 5.14. The molecule has 17 heavy (non-hydrogen) atoms. The van der Waals surface area contributed by atoms with Crippen LogP contribution in [-0.2, 0) is 4.79 Å². The Morgan fingerprint density at radius 2 is 2.35 bits per heavy atom. The summed E-state index contributed by atoms with van der Waals surface area (Å²) in [6.45, 7) is 1.20. The van der Waals surface area contributed by atoms with E-state index in [9.17, 15) is 4.79 Å². The van der Waals surface area contributed by atoms with Gasteiger partial charge in [-0.05, 0) is 24.6 Å². The molecule has 1 aromatic rings. The minimum atomic E-state index is 0.102. The fourth-order valence-corrected chi connectivity index (χ4v) is 2.20. The number of anilines is 1. The first-order chi connectivity index (χ1) is 8.15. The number of hydrogen-bond acceptors (Lipinski definition) is 3. The number of ether oxygens (including phenoxy) is 1. The molecule has 1 heterocycles. The molecule has 0 saturated carbocycles. The van der Waals surface area contributed by atoms with Crippen molar-refractivity contribution in [3.63, 3.8) is 0 Å². The molecule has 1 unspecified atom stereocenters. The number of nitrogens with two attached hydrogens (primary N) is 1. The van der Waals surface area contributed by atoms with Gasteiger partial charge in [0.05, 0.1) is 12.1 Å². The maximum atomic E-state index is 11.8. The van der Waals surface area contributed by atoms with Crippen molar-refractivity contribution >= 4 is 23.2 Å². The van der Waals surface area contributed by atoms with Gasteiger partial charge >= 0.3 is 0 Å². The Morgan fingerprint density at radius 1 is 1.59 bits per heavy atom. The van der Waals surface area contributed by atoms with Crippen LogP contribution in [0.1, 0.15) is 6.42 Å². The summed E-state index contributed by atoms with van der Waals surface area (Å²) in [5.74, 6) is 0.919. The van der Waals surface area contributed by atoms with Crippen LogP contribution in [0.4, 0.5) is 5.69 Å². The van der Waals surface area contributed by atoms with Crippen molar-refractivity contribution in [2.75, 3.05) is 25.1 Å². The molecule has 92 valence electrons. The van der Waals surface area contributed by atoms with Crippen LogP contribution in [0.25, 0.3) is 0 Å². The first-order valence-corrected chi connectivity index (χ1v) is 5.87. The predicted octanol–water partition coefficient (Wildman–Crippen LogP) is 1.66. The van der Waals surface area contributed by atoms with Crippen LogP contribution in [0, 0.1) is 5.92 Å². The molecule has 2 N–H and O–H groups in total. The van der Waals surface area contributed by atoms with E-state index in [-0.39, 0.29) is 11.8 Å². The normalized spacial score (nSPS) is 19.8. The van der Waals surface area contributed by atoms with Crippen molar-refractivity contribution in [1.82, 2.24) is 0 Å². The summed E-state index contributed by atoms with van der Waals surface area (Å²) in [6.07, 6.45) is 0.515. The van der Waals surface area contributed by atoms with Gasteiger partial charge in [-0.2, -0.15) is 0 Å². The largest absolute Gasteiger partial charge is 0.495 e. The maximum Gasteiger partial charge on any atom is 0.227 e. The van der Waals surface area contributed by atoms with E-state index in [2.05, 4.69) is 0 Å². The first-order valence-electron chi connectivity index (χ1n) is 5.49. The van der Waals surface area contributed by atoms with Gasteiger partial charge in [0, 0.05) is 24.7 Å². The average molecular weight is 255 g/mol. The quantitative estimate of drug-likeness (QED) is 0.893. The number of rotatable bonds is 3. The molecule has 1 saturated heterocycles. The Morgan fingerprint density at radius 3 is 2.94 bits per heavy atom. The standard InChI is InChI=1S/C12H15ClN2O2/c1-17-11-5-9(2-3-10(11)13)15-7-8(6-14)4-12(15)16/h2-3,5,8H,4,6-7,14H2,1H3. The van der Waals surface area contributed by atoms with Gasteiger partial charge in [-0.3, -0.25) is 4.79 Å². The molecule has 0 spiro atoms. The third kappa shape index (κ3) is 2.37. The molecule has 1 fully saturated rings. The lowest BCUT2D eigenvalue weighted by Gasteiger charge is -2.17. The molecule has 0 aromatic heterocycles. The van der Waals surface area contributed by atoms with Crippen LogP contribution < -0.4 is 15.4 Å². The van der Waals surface area contributed by atoms with Gasteiger partial charge in [0.2, 0.25) is 5.91 Å². The number of benzene rings is 1. The lowest BCUT2D eigenvalue weighted by atomic mass is 10.1. The highest BCUT2D eigenvalue weighted by molar-refractivity contribution is 6.32. The monoisotopic (exact) mass is 254 g/mol. The Labute approximate surface area is 105 Å². The molecule has 1 amide bonds. The highest BCUT2D eigenvalue weighted by Gasteiger charge is 2.29. The van der Waals surface area contributed by atoms with Gasteiger partial charge in [-0.1, -0.05) is 11.6 Å². The van der Waals surface area contributed by atoms with E-state index in [1.54, 1.807) is 24.1 Å². The molecule has 5 heteroatoms. The van der Waals surface area contributed by atoms with Crippen molar-refractivity contribution in [2.24, 2.45) is 11.7 Å². The third-order valence-corrected chi connectivity index (χ3v) is 3.30. The summed E-state index contributed by atoms with van der Waals surface area (Å²) in [6, 6.07) is 5.33. The molecule has 4 nitrogen and oxygen atoms in total. The lowest BCUT2D eigenvalue weighted by Crippen LogP contribution is -2.25. The average Bonchev–Trinajstić information content (AvgIpc) is 2.71. The van der Waals surface area contributed by atoms with Crippen molar-refractivity contribution < 1.29 is 9.53 Å². The number of amides is 1. The zero-order valence-electron chi connectivity index (χ0n) is 9.65. The second kappa shape index (κ2) is 4.94. The second-order valence-electron chi connectivity index (χ2n) is 4.13. The van der Waals surface area contributed by atoms with E-state index in [1.807, 2.05) is 6.07 Å². The van der Waals surface area contributed by atoms with Crippen LogP contribution in [0.5, 0.6) is 5.75 Å². The van der Waals surface area contributed by atoms with Crippen molar-refractivity contribution in [1.29, 1.82) is 0 Å². The van der Waals surface area contributed by atoms with Gasteiger partial charge in [0.25, 0.3) is 0 Å². The van der Waals surface area contributed by atoms with Crippen molar-refractivity contribution in [2.45, 2.75) is 6.42 Å². The van der Waals surface area contributed by atoms with Gasteiger partial charge in [-0.15, -0.1) is 0 Å². The van der Waals surface area contributed by atoms with E-state index in [4.69, 9.17) is 22.1 Å². The van der Waals surface area contributed by atoms with Crippen LogP contribution in [0.2, 0.25) is 5.02 Å². The molecule has 1 aliphatic rings. The summed E-state index contributed by atoms with van der Waals surface area (Å²) in [7, 11) is 1.56. The number of halogens is 1. The molecule has 1 aliphatic heterocycles. The van der Waals surface area contributed by atoms with E-state index in [0.29, 0.717) is 30.3 Å². The summed E-state index contributed by atoms with van der Waals surface area (Å²) in [4.78, 5) is 13.6. The number of carbonyl (C=O) groups excluding carboxylic acids is 1. The highest BCUT2D eigenvalue weighted by Crippen LogP contribution is 2.32. The van der Waals surface area contributed by atoms with Crippen LogP contribution >= 0.6 is 11.6 Å². The molecule has 1 atom stereocenters. The molecule has 0 aliphatic carbocycles. The van der Waals surface area contributed by atoms with Crippen LogP contribution in [-0.4, -0.2) is 26.1 Å². The van der Waals surface area contributed by atoms with Gasteiger partial charge in [-0.25, -0.2) is 0 Å². The smallest absolute Gasteiger partial charge is 0.227 e. The van der Waals surface area contributed by atoms with E-state index in [0.717, 1.165) is 5.69 Å². The Hall–Kier alpha value is -1.26. The number of methoxy groups -OCH3 is 1. The predicted molar refractivity (Wildman–Crippen MR) is 67.5 cm³/mol. The fourth-order valence-electron chi connectivity index (χ4n) is 2.01. The molecular weight excluding hydrogens is 240 g/mol. The first kappa shape index (κ1) is 12.2. The second-order valence-corrected chi connectivity index (χ2v) is 4.54. The Kier molecular flexibility index (Phi) is 3.54. The number of carbonyl (C=O) groups is 1. The van der Waals surface area contributed by atoms with Gasteiger partial charge in [0.15, 0.2) is 0 Å². The third-order valence-electron chi connectivity index (χ3n) is 2.98. The fraction of sp³-hybridized carbons (Fsp3) is 0.417. The molecule has 0 radical (unpaired) electrons. The van der Waals surface area contributed by atoms with Gasteiger partial charge < -0.3 is 15.4 Å². The van der Waals surface area contributed by atoms with Crippen LogP contribution in [0.15, 0.2) is 18.2 Å². The minimum absolute atomic E-state index is 0.102. The lowest BCUT2D eigenvalue weighted by molar-refractivity contribution is -0.117. The minimum Gasteiger partial charge on any atom is -0.495 e. The van der Waals surface area contributed by atoms with Crippen LogP contribution in [0.3, 0.4) is 0 Å². The van der Waals surface area contributed by atoms with E-state index in [1.165, 1.54) is 0 Å². The molecular formula is C12H15ClN2O2. The molecule has 1 aromatic carbocycles. The summed E-state index contributed by atoms with van der Waals surface area (Å²) >= 11 is 5.95. The van der Waals surface area contributed by atoms with E-state index < -0.39 is 0 Å². The summed E-state index contributed by atoms with van der Waals surface area (Å²) in [5.41, 5.74) is 6.40. The Bertz CT molecular complexity index is 437. The molecule has 0 bridgehead atoms. The number of nitrogens with zero attached hydrogens (tertiary/aromatic N) is 1. The van der Waals surface area contributed by atoms with Crippen molar-refractivity contribution in [3.8, 4) is 5.75 Å². The highest BCUT2D eigenvalue weighted by atomic mass is 35.5. The molecule has 2 rings (SSSR count). The zero-order valence-corrected chi connectivity index (χ0v) is 10.4. The SMILES string of the molecule is COc1cc(N2CC(CN)CC2=O)ccc1Cl. The van der Waals surface area contributed by atoms with Crippen molar-refractivity contribution in [3.05, 3.63) is 23.2 Å². The topological polar surface area (TPSA) is 55.6 Å².